The van der Waals surface area contributed by atoms with E-state index in [0.29, 0.717) is 16.5 Å². The smallest absolute Gasteiger partial charge is 0.199 e. The zero-order valence-corrected chi connectivity index (χ0v) is 14.8. The van der Waals surface area contributed by atoms with Crippen LogP contribution < -0.4 is 5.43 Å². The molecule has 0 spiro atoms. The van der Waals surface area contributed by atoms with Crippen molar-refractivity contribution in [2.45, 2.75) is 30.5 Å². The van der Waals surface area contributed by atoms with E-state index in [9.17, 15) is 25.2 Å². The molecule has 3 aromatic rings. The topological polar surface area (TPSA) is 120 Å². The van der Waals surface area contributed by atoms with Crippen molar-refractivity contribution in [3.63, 3.8) is 0 Å². The van der Waals surface area contributed by atoms with Crippen LogP contribution in [0.5, 0.6) is 0 Å². The van der Waals surface area contributed by atoms with E-state index in [-0.39, 0.29) is 11.3 Å². The van der Waals surface area contributed by atoms with Crippen LogP contribution in [0.4, 0.5) is 0 Å². The van der Waals surface area contributed by atoms with Gasteiger partial charge in [-0.1, -0.05) is 42.5 Å². The van der Waals surface area contributed by atoms with Crippen molar-refractivity contribution in [1.29, 1.82) is 0 Å². The molecular formula is C21H20O7. The minimum absolute atomic E-state index is 0.0294. The minimum atomic E-state index is -1.59. The van der Waals surface area contributed by atoms with E-state index in [4.69, 9.17) is 9.15 Å². The molecule has 28 heavy (non-hydrogen) atoms. The lowest BCUT2D eigenvalue weighted by atomic mass is 9.89. The van der Waals surface area contributed by atoms with Crippen LogP contribution in [0, 0.1) is 0 Å². The summed E-state index contributed by atoms with van der Waals surface area (Å²) in [5.74, 6) is 0.202. The van der Waals surface area contributed by atoms with E-state index in [1.54, 1.807) is 48.5 Å². The van der Waals surface area contributed by atoms with Crippen LogP contribution in [-0.4, -0.2) is 51.4 Å². The lowest BCUT2D eigenvalue weighted by molar-refractivity contribution is -0.232. The molecule has 0 aliphatic carbocycles. The molecule has 0 amide bonds. The first-order valence-electron chi connectivity index (χ1n) is 8.94. The van der Waals surface area contributed by atoms with Crippen molar-refractivity contribution in [1.82, 2.24) is 0 Å². The van der Waals surface area contributed by atoms with Crippen LogP contribution in [-0.2, 0) is 4.74 Å². The first-order chi connectivity index (χ1) is 13.5. The Morgan fingerprint density at radius 1 is 0.857 bits per heavy atom. The first-order valence-corrected chi connectivity index (χ1v) is 8.94. The Bertz CT molecular complexity index is 1030. The highest BCUT2D eigenvalue weighted by Crippen LogP contribution is 2.37. The standard InChI is InChI=1S/C21H20O7/c22-10-14-17(24)18(25)19(26)21(28-14)15-16(23)12-8-4-5-9-13(12)27-20(15)11-6-2-1-3-7-11/h1-9,14,17-19,21-22,24-26H,10H2/t14-,17-,18+,19-,21-/m1/s1. The van der Waals surface area contributed by atoms with Crippen LogP contribution in [0.2, 0.25) is 0 Å². The van der Waals surface area contributed by atoms with Gasteiger partial charge < -0.3 is 29.6 Å². The molecule has 7 nitrogen and oxygen atoms in total. The Labute approximate surface area is 160 Å². The van der Waals surface area contributed by atoms with Crippen molar-refractivity contribution < 1.29 is 29.6 Å². The van der Waals surface area contributed by atoms with Crippen LogP contribution in [0.25, 0.3) is 22.3 Å². The van der Waals surface area contributed by atoms with Crippen molar-refractivity contribution in [3.05, 3.63) is 70.4 Å². The van der Waals surface area contributed by atoms with Gasteiger partial charge in [0.1, 0.15) is 41.9 Å². The summed E-state index contributed by atoms with van der Waals surface area (Å²) in [6, 6.07) is 15.6. The van der Waals surface area contributed by atoms with Crippen molar-refractivity contribution >= 4 is 11.0 Å². The van der Waals surface area contributed by atoms with Crippen molar-refractivity contribution in [3.8, 4) is 11.3 Å². The van der Waals surface area contributed by atoms with Crippen LogP contribution >= 0.6 is 0 Å². The quantitative estimate of drug-likeness (QED) is 0.531. The van der Waals surface area contributed by atoms with Gasteiger partial charge in [0, 0.05) is 5.56 Å². The van der Waals surface area contributed by atoms with Gasteiger partial charge in [0.25, 0.3) is 0 Å². The molecule has 146 valence electrons. The molecule has 4 rings (SSSR count). The second-order valence-electron chi connectivity index (χ2n) is 6.79. The summed E-state index contributed by atoms with van der Waals surface area (Å²) >= 11 is 0. The Morgan fingerprint density at radius 3 is 2.25 bits per heavy atom. The third kappa shape index (κ3) is 3.03. The fourth-order valence-electron chi connectivity index (χ4n) is 3.56. The zero-order chi connectivity index (χ0) is 19.8. The predicted octanol–water partition coefficient (Wildman–Crippen LogP) is 0.975. The van der Waals surface area contributed by atoms with Gasteiger partial charge >= 0.3 is 0 Å². The van der Waals surface area contributed by atoms with Crippen molar-refractivity contribution in [2.75, 3.05) is 6.61 Å². The van der Waals surface area contributed by atoms with Gasteiger partial charge in [0.2, 0.25) is 0 Å². The van der Waals surface area contributed by atoms with Gasteiger partial charge in [0.05, 0.1) is 17.6 Å². The maximum Gasteiger partial charge on any atom is 0.199 e. The molecule has 0 radical (unpaired) electrons. The third-order valence-corrected chi connectivity index (χ3v) is 5.05. The second-order valence-corrected chi connectivity index (χ2v) is 6.79. The SMILES string of the molecule is O=c1c([C@H]2O[C@H](CO)[C@@H](O)[C@H](O)[C@H]2O)c(-c2ccccc2)oc2ccccc12. The first kappa shape index (κ1) is 18.8. The maximum absolute atomic E-state index is 13.3. The Balaban J connectivity index is 1.97. The van der Waals surface area contributed by atoms with Gasteiger partial charge in [-0.05, 0) is 12.1 Å². The number of aliphatic hydroxyl groups excluding tert-OH is 4. The number of hydrogen-bond donors (Lipinski definition) is 4. The molecule has 7 heteroatoms. The molecule has 5 atom stereocenters. The molecule has 2 heterocycles. The normalized spacial score (nSPS) is 27.8. The molecule has 1 aliphatic rings. The lowest BCUT2D eigenvalue weighted by Crippen LogP contribution is -2.55. The highest BCUT2D eigenvalue weighted by molar-refractivity contribution is 5.80. The Morgan fingerprint density at radius 2 is 1.54 bits per heavy atom. The summed E-state index contributed by atoms with van der Waals surface area (Å²) in [7, 11) is 0. The summed E-state index contributed by atoms with van der Waals surface area (Å²) < 4.78 is 11.6. The van der Waals surface area contributed by atoms with Crippen molar-refractivity contribution in [2.24, 2.45) is 0 Å². The number of ether oxygens (including phenoxy) is 1. The Kier molecular flexibility index (Phi) is 5.01. The molecule has 2 aromatic carbocycles. The van der Waals surface area contributed by atoms with E-state index >= 15 is 0 Å². The second kappa shape index (κ2) is 7.46. The summed E-state index contributed by atoms with van der Waals surface area (Å²) in [6.07, 6.45) is -7.09. The minimum Gasteiger partial charge on any atom is -0.455 e. The molecule has 1 saturated heterocycles. The van der Waals surface area contributed by atoms with E-state index in [0.717, 1.165) is 0 Å². The van der Waals surface area contributed by atoms with Gasteiger partial charge in [-0.25, -0.2) is 0 Å². The van der Waals surface area contributed by atoms with Gasteiger partial charge in [0.15, 0.2) is 5.43 Å². The number of hydrogen-bond acceptors (Lipinski definition) is 7. The average molecular weight is 384 g/mol. The summed E-state index contributed by atoms with van der Waals surface area (Å²) in [5.41, 5.74) is 0.587. The molecule has 0 bridgehead atoms. The highest BCUT2D eigenvalue weighted by Gasteiger charge is 2.46. The molecule has 0 saturated carbocycles. The van der Waals surface area contributed by atoms with E-state index in [2.05, 4.69) is 0 Å². The van der Waals surface area contributed by atoms with Crippen LogP contribution in [0.1, 0.15) is 11.7 Å². The van der Waals surface area contributed by atoms with E-state index in [1.807, 2.05) is 6.07 Å². The maximum atomic E-state index is 13.3. The molecule has 1 aliphatic heterocycles. The molecule has 4 N–H and O–H groups in total. The number of rotatable bonds is 3. The van der Waals surface area contributed by atoms with E-state index in [1.165, 1.54) is 0 Å². The largest absolute Gasteiger partial charge is 0.455 e. The molecular weight excluding hydrogens is 364 g/mol. The molecule has 1 aromatic heterocycles. The van der Waals surface area contributed by atoms with Crippen LogP contribution in [0.15, 0.2) is 63.8 Å². The number of fused-ring (bicyclic) bond motifs is 1. The van der Waals surface area contributed by atoms with Gasteiger partial charge in [-0.2, -0.15) is 0 Å². The predicted molar refractivity (Wildman–Crippen MR) is 101 cm³/mol. The Hall–Kier alpha value is -2.55. The number of aliphatic hydroxyl groups is 4. The highest BCUT2D eigenvalue weighted by atomic mass is 16.5. The summed E-state index contributed by atoms with van der Waals surface area (Å²) in [6.45, 7) is -0.582. The van der Waals surface area contributed by atoms with Crippen LogP contribution in [0.3, 0.4) is 0 Å². The third-order valence-electron chi connectivity index (χ3n) is 5.05. The van der Waals surface area contributed by atoms with Gasteiger partial charge in [-0.15, -0.1) is 0 Å². The van der Waals surface area contributed by atoms with Gasteiger partial charge in [-0.3, -0.25) is 4.79 Å². The summed E-state index contributed by atoms with van der Waals surface area (Å²) in [5, 5.41) is 40.5. The average Bonchev–Trinajstić information content (AvgIpc) is 2.73. The summed E-state index contributed by atoms with van der Waals surface area (Å²) in [4.78, 5) is 13.3. The number of para-hydroxylation sites is 1. The number of benzene rings is 2. The monoisotopic (exact) mass is 384 g/mol. The lowest BCUT2D eigenvalue weighted by Gasteiger charge is -2.40. The zero-order valence-electron chi connectivity index (χ0n) is 14.8. The molecule has 1 fully saturated rings. The fourth-order valence-corrected chi connectivity index (χ4v) is 3.56. The van der Waals surface area contributed by atoms with E-state index < -0.39 is 42.6 Å². The fraction of sp³-hybridized carbons (Fsp3) is 0.286. The molecule has 0 unspecified atom stereocenters.